The summed E-state index contributed by atoms with van der Waals surface area (Å²) in [5.74, 6) is 0.886. The highest BCUT2D eigenvalue weighted by Gasteiger charge is 2.47. The molecule has 1 aliphatic carbocycles. The van der Waals surface area contributed by atoms with Crippen molar-refractivity contribution in [3.63, 3.8) is 0 Å². The Kier molecular flexibility index (Phi) is 3.75. The number of nitrogens with one attached hydrogen (secondary N) is 1. The molecule has 3 N–H and O–H groups in total. The summed E-state index contributed by atoms with van der Waals surface area (Å²) in [6.07, 6.45) is 3.45. The van der Waals surface area contributed by atoms with Gasteiger partial charge in [-0.25, -0.2) is 0 Å². The molecular weight excluding hydrogens is 270 g/mol. The predicted octanol–water partition coefficient (Wildman–Crippen LogP) is 0.291. The van der Waals surface area contributed by atoms with E-state index in [-0.39, 0.29) is 24.0 Å². The lowest BCUT2D eigenvalue weighted by molar-refractivity contribution is -0.0988. The highest BCUT2D eigenvalue weighted by atomic mass is 16.3. The molecule has 1 aromatic heterocycles. The first-order chi connectivity index (χ1) is 9.91. The molecule has 0 radical (unpaired) electrons. The fourth-order valence-electron chi connectivity index (χ4n) is 3.78. The molecular formula is C14H25N5O2. The Labute approximate surface area is 124 Å². The van der Waals surface area contributed by atoms with Gasteiger partial charge in [-0.1, -0.05) is 19.1 Å². The Bertz CT molecular complexity index is 470. The van der Waals surface area contributed by atoms with Crippen LogP contribution in [0.2, 0.25) is 0 Å². The van der Waals surface area contributed by atoms with Gasteiger partial charge in [-0.15, -0.1) is 10.2 Å². The summed E-state index contributed by atoms with van der Waals surface area (Å²) in [6, 6.07) is 0.172. The van der Waals surface area contributed by atoms with E-state index in [1.165, 1.54) is 0 Å². The van der Waals surface area contributed by atoms with E-state index in [1.54, 1.807) is 0 Å². The van der Waals surface area contributed by atoms with Gasteiger partial charge in [0.2, 0.25) is 0 Å². The van der Waals surface area contributed by atoms with Gasteiger partial charge in [0, 0.05) is 25.0 Å². The van der Waals surface area contributed by atoms with Crippen LogP contribution >= 0.6 is 0 Å². The highest BCUT2D eigenvalue weighted by Crippen LogP contribution is 2.45. The van der Waals surface area contributed by atoms with Gasteiger partial charge >= 0.3 is 0 Å². The number of hydrogen-bond donors (Lipinski definition) is 3. The van der Waals surface area contributed by atoms with E-state index in [2.05, 4.69) is 39.4 Å². The topological polar surface area (TPSA) is 98.2 Å². The second kappa shape index (κ2) is 5.30. The number of piperidine rings is 1. The molecule has 1 atom stereocenters. The molecule has 2 fully saturated rings. The average molecular weight is 295 g/mol. The van der Waals surface area contributed by atoms with Crippen LogP contribution in [0.4, 0.5) is 0 Å². The number of nitrogens with zero attached hydrogens (tertiary/aromatic N) is 4. The second-order valence-corrected chi connectivity index (χ2v) is 7.54. The van der Waals surface area contributed by atoms with E-state index in [9.17, 15) is 10.2 Å². The van der Waals surface area contributed by atoms with E-state index in [4.69, 9.17) is 0 Å². The van der Waals surface area contributed by atoms with Crippen LogP contribution in [0.5, 0.6) is 0 Å². The molecule has 1 aromatic rings. The van der Waals surface area contributed by atoms with Crippen LogP contribution in [-0.4, -0.2) is 67.1 Å². The Morgan fingerprint density at radius 2 is 2.14 bits per heavy atom. The zero-order valence-corrected chi connectivity index (χ0v) is 12.8. The summed E-state index contributed by atoms with van der Waals surface area (Å²) in [4.78, 5) is 2.26. The van der Waals surface area contributed by atoms with Crippen molar-refractivity contribution in [2.24, 2.45) is 5.41 Å². The minimum absolute atomic E-state index is 0.167. The molecule has 1 saturated carbocycles. The van der Waals surface area contributed by atoms with Gasteiger partial charge in [0.05, 0.1) is 12.2 Å². The van der Waals surface area contributed by atoms with Crippen LogP contribution in [0.1, 0.15) is 51.3 Å². The number of rotatable bonds is 4. The van der Waals surface area contributed by atoms with Crippen LogP contribution < -0.4 is 0 Å². The maximum Gasteiger partial charge on any atom is 0.177 e. The van der Waals surface area contributed by atoms with Crippen molar-refractivity contribution >= 4 is 0 Å². The van der Waals surface area contributed by atoms with Gasteiger partial charge in [-0.2, -0.15) is 5.21 Å². The first-order valence-electron chi connectivity index (χ1n) is 7.71. The normalized spacial score (nSPS) is 36.4. The van der Waals surface area contributed by atoms with Gasteiger partial charge < -0.3 is 10.2 Å². The summed E-state index contributed by atoms with van der Waals surface area (Å²) < 4.78 is 0. The summed E-state index contributed by atoms with van der Waals surface area (Å²) in [7, 11) is 0. The second-order valence-electron chi connectivity index (χ2n) is 7.54. The van der Waals surface area contributed by atoms with Gasteiger partial charge in [-0.05, 0) is 31.1 Å². The first kappa shape index (κ1) is 14.9. The molecule has 118 valence electrons. The zero-order chi connectivity index (χ0) is 15.1. The maximum absolute atomic E-state index is 10.7. The first-order valence-corrected chi connectivity index (χ1v) is 7.71. The van der Waals surface area contributed by atoms with Crippen molar-refractivity contribution in [1.29, 1.82) is 0 Å². The molecule has 0 bridgehead atoms. The third-order valence-corrected chi connectivity index (χ3v) is 4.99. The molecule has 0 aromatic carbocycles. The standard InChI is InChI=1S/C14H25N5O2/c1-13(2)4-3-11(7-20)19(8-13)9-14(21)5-10(6-14)12-15-17-18-16-12/h10-11,20-21H,3-9H2,1-2H3,(H,15,16,17,18). The Balaban J connectivity index is 1.60. The average Bonchev–Trinajstić information content (AvgIpc) is 2.88. The van der Waals surface area contributed by atoms with Gasteiger partial charge in [0.25, 0.3) is 0 Å². The summed E-state index contributed by atoms with van der Waals surface area (Å²) in [5, 5.41) is 34.3. The van der Waals surface area contributed by atoms with Crippen molar-refractivity contribution in [1.82, 2.24) is 25.5 Å². The number of aliphatic hydroxyl groups excluding tert-OH is 1. The maximum atomic E-state index is 10.7. The smallest absolute Gasteiger partial charge is 0.177 e. The summed E-state index contributed by atoms with van der Waals surface area (Å²) in [6.45, 7) is 6.21. The molecule has 1 unspecified atom stereocenters. The van der Waals surface area contributed by atoms with E-state index < -0.39 is 5.60 Å². The van der Waals surface area contributed by atoms with Crippen LogP contribution in [-0.2, 0) is 0 Å². The number of aliphatic hydroxyl groups is 2. The molecule has 1 saturated heterocycles. The van der Waals surface area contributed by atoms with Gasteiger partial charge in [0.15, 0.2) is 5.82 Å². The number of β-amino-alcohol motifs (C(OH)–C–C–N with tert-alkyl or cyclic N) is 1. The molecule has 3 rings (SSSR count). The van der Waals surface area contributed by atoms with Gasteiger partial charge in [-0.3, -0.25) is 4.90 Å². The van der Waals surface area contributed by atoms with Gasteiger partial charge in [0.1, 0.15) is 0 Å². The lowest BCUT2D eigenvalue weighted by atomic mass is 9.69. The summed E-state index contributed by atoms with van der Waals surface area (Å²) in [5.41, 5.74) is -0.439. The lowest BCUT2D eigenvalue weighted by Gasteiger charge is -2.50. The molecule has 2 heterocycles. The fraction of sp³-hybridized carbons (Fsp3) is 0.929. The van der Waals surface area contributed by atoms with Crippen molar-refractivity contribution < 1.29 is 10.2 Å². The number of aromatic nitrogens is 4. The highest BCUT2D eigenvalue weighted by molar-refractivity contribution is 5.09. The van der Waals surface area contributed by atoms with E-state index in [0.29, 0.717) is 25.2 Å². The van der Waals surface area contributed by atoms with Crippen molar-refractivity contribution in [3.8, 4) is 0 Å². The number of H-pyrrole nitrogens is 1. The minimum Gasteiger partial charge on any atom is -0.395 e. The molecule has 0 spiro atoms. The number of tetrazole rings is 1. The molecule has 7 heteroatoms. The van der Waals surface area contributed by atoms with Crippen LogP contribution in [0.25, 0.3) is 0 Å². The largest absolute Gasteiger partial charge is 0.395 e. The monoisotopic (exact) mass is 295 g/mol. The van der Waals surface area contributed by atoms with E-state index in [1.807, 2.05) is 0 Å². The van der Waals surface area contributed by atoms with Crippen molar-refractivity contribution in [3.05, 3.63) is 5.82 Å². The van der Waals surface area contributed by atoms with E-state index in [0.717, 1.165) is 19.4 Å². The van der Waals surface area contributed by atoms with Crippen molar-refractivity contribution in [2.45, 2.75) is 57.1 Å². The fourth-order valence-corrected chi connectivity index (χ4v) is 3.78. The molecule has 0 amide bonds. The van der Waals surface area contributed by atoms with Crippen LogP contribution in [0, 0.1) is 5.41 Å². The Morgan fingerprint density at radius 1 is 1.38 bits per heavy atom. The van der Waals surface area contributed by atoms with E-state index >= 15 is 0 Å². The molecule has 2 aliphatic rings. The Hall–Kier alpha value is -1.05. The molecule has 1 aliphatic heterocycles. The third kappa shape index (κ3) is 3.09. The SMILES string of the molecule is CC1(C)CCC(CO)N(CC2(O)CC(c3nn[nH]n3)C2)C1. The molecule has 21 heavy (non-hydrogen) atoms. The number of likely N-dealkylation sites (tertiary alicyclic amines) is 1. The van der Waals surface area contributed by atoms with Crippen molar-refractivity contribution in [2.75, 3.05) is 19.7 Å². The number of hydrogen-bond acceptors (Lipinski definition) is 6. The molecule has 7 nitrogen and oxygen atoms in total. The summed E-state index contributed by atoms with van der Waals surface area (Å²) >= 11 is 0. The van der Waals surface area contributed by atoms with Crippen LogP contribution in [0.15, 0.2) is 0 Å². The lowest BCUT2D eigenvalue weighted by Crippen LogP contribution is -2.58. The Morgan fingerprint density at radius 3 is 2.76 bits per heavy atom. The minimum atomic E-state index is -0.688. The zero-order valence-electron chi connectivity index (χ0n) is 12.8. The number of aromatic amines is 1. The quantitative estimate of drug-likeness (QED) is 0.738. The third-order valence-electron chi connectivity index (χ3n) is 4.99. The van der Waals surface area contributed by atoms with Crippen LogP contribution in [0.3, 0.4) is 0 Å². The predicted molar refractivity (Wildman–Crippen MR) is 76.6 cm³/mol.